The molecular formula is C20H19N7O3S2. The van der Waals surface area contributed by atoms with Crippen molar-refractivity contribution in [3.63, 3.8) is 0 Å². The van der Waals surface area contributed by atoms with Gasteiger partial charge in [0.15, 0.2) is 0 Å². The molecule has 0 unspecified atom stereocenters. The summed E-state index contributed by atoms with van der Waals surface area (Å²) < 4.78 is 28.8. The van der Waals surface area contributed by atoms with Crippen molar-refractivity contribution in [1.82, 2.24) is 29.4 Å². The average Bonchev–Trinajstić information content (AvgIpc) is 3.32. The highest BCUT2D eigenvalue weighted by molar-refractivity contribution is 7.99. The second-order valence-corrected chi connectivity index (χ2v) is 9.74. The summed E-state index contributed by atoms with van der Waals surface area (Å²) in [6.45, 7) is 0.883. The summed E-state index contributed by atoms with van der Waals surface area (Å²) in [6, 6.07) is 17.4. The number of aromatic nitrogens is 4. The third kappa shape index (κ3) is 4.50. The molecule has 1 aromatic heterocycles. The van der Waals surface area contributed by atoms with Gasteiger partial charge in [-0.05, 0) is 34.7 Å². The first-order chi connectivity index (χ1) is 15.5. The number of amides is 1. The summed E-state index contributed by atoms with van der Waals surface area (Å²) in [5, 5.41) is 21.4. The number of thioether (sulfide) groups is 1. The molecule has 32 heavy (non-hydrogen) atoms. The molecule has 1 fully saturated rings. The summed E-state index contributed by atoms with van der Waals surface area (Å²) in [7, 11) is -3.80. The van der Waals surface area contributed by atoms with Crippen molar-refractivity contribution in [2.75, 3.05) is 31.9 Å². The van der Waals surface area contributed by atoms with Gasteiger partial charge in [-0.1, -0.05) is 42.1 Å². The number of nitriles is 1. The van der Waals surface area contributed by atoms with Crippen LogP contribution in [-0.4, -0.2) is 75.7 Å². The quantitative estimate of drug-likeness (QED) is 0.493. The van der Waals surface area contributed by atoms with Crippen LogP contribution in [0.25, 0.3) is 5.69 Å². The highest BCUT2D eigenvalue weighted by atomic mass is 32.2. The van der Waals surface area contributed by atoms with E-state index in [-0.39, 0.29) is 48.3 Å². The number of nitrogens with zero attached hydrogens (tertiary/aromatic N) is 7. The van der Waals surface area contributed by atoms with E-state index in [1.165, 1.54) is 28.2 Å². The Balaban J connectivity index is 1.36. The molecule has 1 amide bonds. The van der Waals surface area contributed by atoms with Gasteiger partial charge in [0, 0.05) is 26.2 Å². The van der Waals surface area contributed by atoms with E-state index >= 15 is 0 Å². The molecule has 0 aliphatic carbocycles. The summed E-state index contributed by atoms with van der Waals surface area (Å²) in [4.78, 5) is 14.3. The lowest BCUT2D eigenvalue weighted by Gasteiger charge is -2.34. The highest BCUT2D eigenvalue weighted by Crippen LogP contribution is 2.22. The van der Waals surface area contributed by atoms with Crippen LogP contribution in [0.2, 0.25) is 0 Å². The minimum absolute atomic E-state index is 0.00872. The highest BCUT2D eigenvalue weighted by Gasteiger charge is 2.31. The number of tetrazole rings is 1. The van der Waals surface area contributed by atoms with Crippen molar-refractivity contribution < 1.29 is 13.2 Å². The molecule has 1 aliphatic rings. The van der Waals surface area contributed by atoms with Gasteiger partial charge < -0.3 is 4.90 Å². The molecule has 164 valence electrons. The number of hydrogen-bond donors (Lipinski definition) is 0. The number of rotatable bonds is 6. The molecule has 12 heteroatoms. The first-order valence-corrected chi connectivity index (χ1v) is 12.2. The lowest BCUT2D eigenvalue weighted by molar-refractivity contribution is -0.129. The van der Waals surface area contributed by atoms with Gasteiger partial charge in [0.1, 0.15) is 6.07 Å². The number of para-hydroxylation sites is 1. The van der Waals surface area contributed by atoms with Gasteiger partial charge in [0.05, 0.1) is 21.9 Å². The second-order valence-electron chi connectivity index (χ2n) is 6.89. The molecule has 1 aliphatic heterocycles. The molecule has 4 rings (SSSR count). The largest absolute Gasteiger partial charge is 0.339 e. The van der Waals surface area contributed by atoms with E-state index < -0.39 is 10.0 Å². The van der Waals surface area contributed by atoms with Crippen LogP contribution in [0, 0.1) is 11.3 Å². The number of hydrogen-bond acceptors (Lipinski definition) is 8. The van der Waals surface area contributed by atoms with Crippen LogP contribution in [-0.2, 0) is 14.8 Å². The van der Waals surface area contributed by atoms with Crippen LogP contribution >= 0.6 is 11.8 Å². The van der Waals surface area contributed by atoms with E-state index in [9.17, 15) is 18.5 Å². The zero-order valence-electron chi connectivity index (χ0n) is 16.9. The minimum Gasteiger partial charge on any atom is -0.339 e. The summed E-state index contributed by atoms with van der Waals surface area (Å²) in [6.07, 6.45) is 0. The van der Waals surface area contributed by atoms with E-state index in [0.29, 0.717) is 5.16 Å². The fourth-order valence-electron chi connectivity index (χ4n) is 3.32. The van der Waals surface area contributed by atoms with E-state index in [2.05, 4.69) is 15.5 Å². The Kier molecular flexibility index (Phi) is 6.50. The Morgan fingerprint density at radius 2 is 1.72 bits per heavy atom. The topological polar surface area (TPSA) is 125 Å². The van der Waals surface area contributed by atoms with E-state index in [0.717, 1.165) is 5.69 Å². The van der Waals surface area contributed by atoms with Gasteiger partial charge in [0.2, 0.25) is 21.1 Å². The summed E-state index contributed by atoms with van der Waals surface area (Å²) >= 11 is 1.23. The molecule has 0 spiro atoms. The number of sulfonamides is 1. The van der Waals surface area contributed by atoms with Crippen LogP contribution in [0.1, 0.15) is 5.56 Å². The Hall–Kier alpha value is -3.27. The Labute approximate surface area is 189 Å². The molecule has 10 nitrogen and oxygen atoms in total. The molecule has 1 saturated heterocycles. The van der Waals surface area contributed by atoms with Crippen LogP contribution < -0.4 is 0 Å². The monoisotopic (exact) mass is 469 g/mol. The maximum Gasteiger partial charge on any atom is 0.244 e. The summed E-state index contributed by atoms with van der Waals surface area (Å²) in [5.41, 5.74) is 0.905. The fourth-order valence-corrected chi connectivity index (χ4v) is 5.68. The third-order valence-electron chi connectivity index (χ3n) is 4.98. The average molecular weight is 470 g/mol. The van der Waals surface area contributed by atoms with E-state index in [1.807, 2.05) is 36.4 Å². The minimum atomic E-state index is -3.80. The molecule has 0 saturated carbocycles. The predicted molar refractivity (Wildman–Crippen MR) is 116 cm³/mol. The van der Waals surface area contributed by atoms with Crippen molar-refractivity contribution in [3.8, 4) is 11.8 Å². The zero-order chi connectivity index (χ0) is 22.6. The molecule has 0 radical (unpaired) electrons. The maximum atomic E-state index is 12.9. The van der Waals surface area contributed by atoms with Gasteiger partial charge in [0.25, 0.3) is 0 Å². The molecule has 3 aromatic rings. The van der Waals surface area contributed by atoms with Crippen LogP contribution in [0.5, 0.6) is 0 Å². The Bertz CT molecular complexity index is 1250. The van der Waals surface area contributed by atoms with Gasteiger partial charge in [-0.2, -0.15) is 14.2 Å². The first-order valence-electron chi connectivity index (χ1n) is 9.74. The van der Waals surface area contributed by atoms with E-state index in [4.69, 9.17) is 0 Å². The molecule has 2 aromatic carbocycles. The fraction of sp³-hybridized carbons (Fsp3) is 0.250. The van der Waals surface area contributed by atoms with E-state index in [1.54, 1.807) is 21.7 Å². The van der Waals surface area contributed by atoms with Gasteiger partial charge in [-0.15, -0.1) is 5.10 Å². The molecule has 0 atom stereocenters. The van der Waals surface area contributed by atoms with Crippen LogP contribution in [0.15, 0.2) is 64.6 Å². The lowest BCUT2D eigenvalue weighted by atomic mass is 10.2. The molecule has 0 N–H and O–H groups in total. The third-order valence-corrected chi connectivity index (χ3v) is 7.84. The standard InChI is InChI=1S/C20H19N7O3S2/c21-14-16-6-4-5-9-18(16)32(29,30)26-12-10-25(11-13-26)19(28)15-31-20-22-23-24-27(20)17-7-2-1-3-8-17/h1-9H,10-13,15H2. The lowest BCUT2D eigenvalue weighted by Crippen LogP contribution is -2.51. The van der Waals surface area contributed by atoms with Gasteiger partial charge in [-0.3, -0.25) is 4.79 Å². The Morgan fingerprint density at radius 1 is 1.03 bits per heavy atom. The van der Waals surface area contributed by atoms with Crippen molar-refractivity contribution in [2.24, 2.45) is 0 Å². The van der Waals surface area contributed by atoms with Gasteiger partial charge >= 0.3 is 0 Å². The van der Waals surface area contributed by atoms with Gasteiger partial charge in [-0.25, -0.2) is 8.42 Å². The smallest absolute Gasteiger partial charge is 0.244 e. The number of benzene rings is 2. The molecular weight excluding hydrogens is 450 g/mol. The van der Waals surface area contributed by atoms with Crippen molar-refractivity contribution in [2.45, 2.75) is 10.1 Å². The second kappa shape index (κ2) is 9.47. The summed E-state index contributed by atoms with van der Waals surface area (Å²) in [5.74, 6) is 0.0177. The van der Waals surface area contributed by atoms with Crippen molar-refractivity contribution in [3.05, 3.63) is 60.2 Å². The number of carbonyl (C=O) groups excluding carboxylic acids is 1. The SMILES string of the molecule is N#Cc1ccccc1S(=O)(=O)N1CCN(C(=O)CSc2nnnn2-c2ccccc2)CC1. The predicted octanol–water partition coefficient (Wildman–Crippen LogP) is 1.16. The van der Waals surface area contributed by atoms with Crippen molar-refractivity contribution >= 4 is 27.7 Å². The maximum absolute atomic E-state index is 12.9. The van der Waals surface area contributed by atoms with Crippen LogP contribution in [0.3, 0.4) is 0 Å². The molecule has 0 bridgehead atoms. The van der Waals surface area contributed by atoms with Crippen LogP contribution in [0.4, 0.5) is 0 Å². The Morgan fingerprint density at radius 3 is 2.44 bits per heavy atom. The number of carbonyl (C=O) groups is 1. The normalized spacial score (nSPS) is 14.8. The number of piperazine rings is 1. The van der Waals surface area contributed by atoms with Crippen molar-refractivity contribution in [1.29, 1.82) is 5.26 Å². The zero-order valence-corrected chi connectivity index (χ0v) is 18.5. The molecule has 2 heterocycles. The first kappa shape index (κ1) is 21.9.